The lowest BCUT2D eigenvalue weighted by molar-refractivity contribution is -0.123. The number of nitrogens with one attached hydrogen (secondary N) is 1. The first-order valence-electron chi connectivity index (χ1n) is 8.60. The number of aromatic nitrogens is 1. The van der Waals surface area contributed by atoms with E-state index in [-0.39, 0.29) is 12.5 Å². The first-order chi connectivity index (χ1) is 13.5. The van der Waals surface area contributed by atoms with Crippen LogP contribution >= 0.6 is 11.6 Å². The lowest BCUT2D eigenvalue weighted by Crippen LogP contribution is -2.30. The number of anilines is 1. The molecule has 0 bridgehead atoms. The van der Waals surface area contributed by atoms with Crippen LogP contribution in [0.2, 0.25) is 5.02 Å². The highest BCUT2D eigenvalue weighted by atomic mass is 35.5. The maximum Gasteiger partial charge on any atom is 0.357 e. The first-order valence-corrected chi connectivity index (χ1v) is 8.98. The van der Waals surface area contributed by atoms with E-state index in [0.29, 0.717) is 22.2 Å². The van der Waals surface area contributed by atoms with Crippen LogP contribution in [-0.4, -0.2) is 29.3 Å². The Labute approximate surface area is 165 Å². The average Bonchev–Trinajstić information content (AvgIpc) is 3.24. The number of ether oxygens (including phenoxy) is 3. The molecule has 1 aliphatic rings. The van der Waals surface area contributed by atoms with Crippen molar-refractivity contribution in [3.05, 3.63) is 53.2 Å². The fourth-order valence-corrected chi connectivity index (χ4v) is 3.43. The number of hydrogen-bond donors (Lipinski definition) is 1. The number of aryl methyl sites for hydroxylation is 1. The Morgan fingerprint density at radius 1 is 1.18 bits per heavy atom. The number of hydrogen-bond acceptors (Lipinski definition) is 5. The molecule has 3 aromatic rings. The van der Waals surface area contributed by atoms with Crippen molar-refractivity contribution < 1.29 is 23.8 Å². The summed E-state index contributed by atoms with van der Waals surface area (Å²) in [5.41, 5.74) is 1.52. The number of benzene rings is 2. The highest BCUT2D eigenvalue weighted by Crippen LogP contribution is 2.34. The van der Waals surface area contributed by atoms with Gasteiger partial charge in [-0.1, -0.05) is 29.8 Å². The lowest BCUT2D eigenvalue weighted by atomic mass is 10.2. The van der Waals surface area contributed by atoms with Gasteiger partial charge in [0.25, 0.3) is 5.91 Å². The van der Waals surface area contributed by atoms with E-state index in [1.807, 2.05) is 24.3 Å². The Bertz CT molecular complexity index is 1050. The predicted molar refractivity (Wildman–Crippen MR) is 104 cm³/mol. The summed E-state index contributed by atoms with van der Waals surface area (Å²) in [6.45, 7) is 1.64. The molecule has 1 aromatic heterocycles. The minimum Gasteiger partial charge on any atom is -0.454 e. The van der Waals surface area contributed by atoms with Crippen LogP contribution in [0.1, 0.15) is 17.4 Å². The Kier molecular flexibility index (Phi) is 4.60. The Morgan fingerprint density at radius 3 is 2.71 bits per heavy atom. The topological polar surface area (TPSA) is 78.8 Å². The summed E-state index contributed by atoms with van der Waals surface area (Å²) >= 11 is 6.36. The molecule has 0 spiro atoms. The fraction of sp³-hybridized carbons (Fsp3) is 0.200. The number of fused-ring (bicyclic) bond motifs is 2. The maximum atomic E-state index is 12.6. The van der Waals surface area contributed by atoms with E-state index in [9.17, 15) is 9.59 Å². The number of amides is 1. The molecule has 144 valence electrons. The molecule has 28 heavy (non-hydrogen) atoms. The van der Waals surface area contributed by atoms with Gasteiger partial charge in [0.1, 0.15) is 5.69 Å². The number of para-hydroxylation sites is 1. The second-order valence-corrected chi connectivity index (χ2v) is 6.72. The van der Waals surface area contributed by atoms with Gasteiger partial charge in [-0.3, -0.25) is 4.79 Å². The van der Waals surface area contributed by atoms with Gasteiger partial charge in [-0.25, -0.2) is 4.79 Å². The molecule has 0 unspecified atom stereocenters. The van der Waals surface area contributed by atoms with E-state index < -0.39 is 18.0 Å². The second-order valence-electron chi connectivity index (χ2n) is 6.34. The third-order valence-corrected chi connectivity index (χ3v) is 4.91. The van der Waals surface area contributed by atoms with E-state index in [0.717, 1.165) is 10.9 Å². The van der Waals surface area contributed by atoms with Crippen molar-refractivity contribution >= 4 is 40.1 Å². The van der Waals surface area contributed by atoms with Crippen molar-refractivity contribution in [2.75, 3.05) is 12.1 Å². The third kappa shape index (κ3) is 3.14. The van der Waals surface area contributed by atoms with Crippen molar-refractivity contribution in [2.24, 2.45) is 7.05 Å². The van der Waals surface area contributed by atoms with Crippen LogP contribution in [0.15, 0.2) is 42.5 Å². The van der Waals surface area contributed by atoms with E-state index in [4.69, 9.17) is 25.8 Å². The molecule has 2 aromatic carbocycles. The molecule has 7 nitrogen and oxygen atoms in total. The summed E-state index contributed by atoms with van der Waals surface area (Å²) < 4.78 is 17.5. The number of rotatable bonds is 4. The molecule has 0 saturated heterocycles. The molecule has 1 atom stereocenters. The Balaban J connectivity index is 1.48. The normalized spacial score (nSPS) is 13.4. The number of carbonyl (C=O) groups excluding carboxylic acids is 2. The lowest BCUT2D eigenvalue weighted by Gasteiger charge is -2.14. The Morgan fingerprint density at radius 2 is 1.93 bits per heavy atom. The van der Waals surface area contributed by atoms with Crippen molar-refractivity contribution in [1.29, 1.82) is 0 Å². The van der Waals surface area contributed by atoms with Gasteiger partial charge in [0, 0.05) is 29.7 Å². The fourth-order valence-electron chi connectivity index (χ4n) is 3.06. The van der Waals surface area contributed by atoms with Crippen LogP contribution in [0.25, 0.3) is 10.9 Å². The van der Waals surface area contributed by atoms with Crippen LogP contribution in [-0.2, 0) is 16.6 Å². The van der Waals surface area contributed by atoms with E-state index in [2.05, 4.69) is 5.32 Å². The van der Waals surface area contributed by atoms with Gasteiger partial charge in [-0.15, -0.1) is 0 Å². The summed E-state index contributed by atoms with van der Waals surface area (Å²) in [5.74, 6) is 0.0201. The summed E-state index contributed by atoms with van der Waals surface area (Å²) in [6, 6.07) is 12.4. The van der Waals surface area contributed by atoms with Crippen molar-refractivity contribution in [3.63, 3.8) is 0 Å². The zero-order valence-electron chi connectivity index (χ0n) is 15.2. The second kappa shape index (κ2) is 7.09. The van der Waals surface area contributed by atoms with E-state index in [1.165, 1.54) is 6.92 Å². The minimum atomic E-state index is -1.02. The largest absolute Gasteiger partial charge is 0.454 e. The molecule has 1 amide bonds. The number of carbonyl (C=O) groups is 2. The summed E-state index contributed by atoms with van der Waals surface area (Å²) in [6.07, 6.45) is -1.02. The van der Waals surface area contributed by atoms with Crippen LogP contribution in [0.5, 0.6) is 11.5 Å². The monoisotopic (exact) mass is 400 g/mol. The maximum absolute atomic E-state index is 12.6. The Hall–Kier alpha value is -3.19. The molecule has 1 aliphatic heterocycles. The van der Waals surface area contributed by atoms with Crippen LogP contribution in [0.4, 0.5) is 5.69 Å². The molecule has 0 aliphatic carbocycles. The van der Waals surface area contributed by atoms with Gasteiger partial charge in [0.15, 0.2) is 17.6 Å². The molecule has 0 fully saturated rings. The van der Waals surface area contributed by atoms with Gasteiger partial charge in [0.2, 0.25) is 6.79 Å². The van der Waals surface area contributed by atoms with Gasteiger partial charge in [0.05, 0.1) is 5.02 Å². The predicted octanol–water partition coefficient (Wildman–Crippen LogP) is 3.74. The highest BCUT2D eigenvalue weighted by molar-refractivity contribution is 6.38. The molecule has 4 rings (SSSR count). The molecule has 1 N–H and O–H groups in total. The van der Waals surface area contributed by atoms with Gasteiger partial charge in [-0.05, 0) is 25.1 Å². The average molecular weight is 401 g/mol. The number of esters is 1. The SMILES string of the molecule is C[C@@H](OC(=O)c1c(Cl)c2ccccc2n1C)C(=O)Nc1ccc2c(c1)OCO2. The number of nitrogens with zero attached hydrogens (tertiary/aromatic N) is 1. The highest BCUT2D eigenvalue weighted by Gasteiger charge is 2.25. The summed E-state index contributed by atoms with van der Waals surface area (Å²) in [7, 11) is 1.72. The van der Waals surface area contributed by atoms with Crippen LogP contribution < -0.4 is 14.8 Å². The number of halogens is 1. The molecular formula is C20H17ClN2O5. The molecule has 8 heteroatoms. The van der Waals surface area contributed by atoms with Gasteiger partial charge < -0.3 is 24.1 Å². The zero-order valence-corrected chi connectivity index (χ0v) is 15.9. The van der Waals surface area contributed by atoms with Crippen molar-refractivity contribution in [1.82, 2.24) is 4.57 Å². The zero-order chi connectivity index (χ0) is 19.8. The summed E-state index contributed by atoms with van der Waals surface area (Å²) in [5, 5.41) is 3.74. The van der Waals surface area contributed by atoms with Gasteiger partial charge >= 0.3 is 5.97 Å². The summed E-state index contributed by atoms with van der Waals surface area (Å²) in [4.78, 5) is 25.1. The van der Waals surface area contributed by atoms with Crippen LogP contribution in [0.3, 0.4) is 0 Å². The molecule has 2 heterocycles. The molecule has 0 saturated carbocycles. The third-order valence-electron chi connectivity index (χ3n) is 4.53. The van der Waals surface area contributed by atoms with Gasteiger partial charge in [-0.2, -0.15) is 0 Å². The van der Waals surface area contributed by atoms with E-state index in [1.54, 1.807) is 29.8 Å². The van der Waals surface area contributed by atoms with Crippen LogP contribution in [0, 0.1) is 0 Å². The van der Waals surface area contributed by atoms with Crippen molar-refractivity contribution in [3.8, 4) is 11.5 Å². The molecular weight excluding hydrogens is 384 g/mol. The quantitative estimate of drug-likeness (QED) is 0.675. The van der Waals surface area contributed by atoms with E-state index >= 15 is 0 Å². The minimum absolute atomic E-state index is 0.145. The van der Waals surface area contributed by atoms with Crippen molar-refractivity contribution in [2.45, 2.75) is 13.0 Å². The first kappa shape index (κ1) is 18.2. The standard InChI is InChI=1S/C20H17ClN2O5/c1-11(19(24)22-12-7-8-15-16(9-12)27-10-26-15)28-20(25)18-17(21)13-5-3-4-6-14(13)23(18)2/h3-9,11H,10H2,1-2H3,(H,22,24)/t11-/m1/s1. The smallest absolute Gasteiger partial charge is 0.357 e. The molecule has 0 radical (unpaired) electrons.